The van der Waals surface area contributed by atoms with E-state index in [9.17, 15) is 32.7 Å². The SMILES string of the molecule is CC(C)C[n+]1c(O)c(C(=O)NC2CC2)c(=O)n2[nH]cc(/C=C/C(=O)N3CCOC[C@H]3C(F)(F)F)c21. The molecule has 3 N–H and O–H groups in total. The Hall–Kier alpha value is -3.35. The number of fused-ring (bicyclic) bond motifs is 1. The Balaban J connectivity index is 1.73. The highest BCUT2D eigenvalue weighted by Gasteiger charge is 2.46. The molecule has 0 unspecified atom stereocenters. The molecule has 0 spiro atoms. The number of halogens is 3. The van der Waals surface area contributed by atoms with Crippen LogP contribution in [0.1, 0.15) is 42.6 Å². The van der Waals surface area contributed by atoms with E-state index in [1.807, 2.05) is 13.8 Å². The van der Waals surface area contributed by atoms with E-state index in [-0.39, 0.29) is 42.9 Å². The molecule has 1 aliphatic heterocycles. The van der Waals surface area contributed by atoms with Crippen molar-refractivity contribution in [2.75, 3.05) is 19.8 Å². The Bertz CT molecular complexity index is 1230. The lowest BCUT2D eigenvalue weighted by molar-refractivity contribution is -0.686. The normalized spacial score (nSPS) is 19.1. The Morgan fingerprint density at radius 2 is 2.09 bits per heavy atom. The van der Waals surface area contributed by atoms with Crippen LogP contribution in [-0.4, -0.2) is 69.5 Å². The number of amides is 2. The molecule has 0 radical (unpaired) electrons. The number of nitrogens with zero attached hydrogens (tertiary/aromatic N) is 3. The number of aromatic amines is 1. The van der Waals surface area contributed by atoms with E-state index in [1.165, 1.54) is 16.8 Å². The first-order valence-electron chi connectivity index (χ1n) is 11.3. The predicted octanol–water partition coefficient (Wildman–Crippen LogP) is 0.972. The molecule has 2 aromatic rings. The largest absolute Gasteiger partial charge is 0.477 e. The van der Waals surface area contributed by atoms with Gasteiger partial charge in [-0.05, 0) is 24.8 Å². The number of ether oxygens (including phenoxy) is 1. The predicted molar refractivity (Wildman–Crippen MR) is 117 cm³/mol. The number of hydrogen-bond acceptors (Lipinski definition) is 5. The summed E-state index contributed by atoms with van der Waals surface area (Å²) in [4.78, 5) is 39.0. The second kappa shape index (κ2) is 9.36. The number of carbonyl (C=O) groups is 2. The fraction of sp³-hybridized carbons (Fsp3) is 0.545. The van der Waals surface area contributed by atoms with Crippen LogP contribution >= 0.6 is 0 Å². The average Bonchev–Trinajstić information content (AvgIpc) is 3.49. The number of H-pyrrole nitrogens is 1. The molecule has 13 heteroatoms. The Morgan fingerprint density at radius 3 is 2.71 bits per heavy atom. The zero-order valence-electron chi connectivity index (χ0n) is 19.3. The summed E-state index contributed by atoms with van der Waals surface area (Å²) < 4.78 is 47.3. The molecule has 0 bridgehead atoms. The van der Waals surface area contributed by atoms with Gasteiger partial charge in [0.15, 0.2) is 6.04 Å². The minimum absolute atomic E-state index is 0.000741. The molecule has 1 atom stereocenters. The lowest BCUT2D eigenvalue weighted by Crippen LogP contribution is -2.55. The highest BCUT2D eigenvalue weighted by atomic mass is 19.4. The topological polar surface area (TPSA) is 120 Å². The zero-order chi connectivity index (χ0) is 25.5. The van der Waals surface area contributed by atoms with Crippen molar-refractivity contribution in [1.82, 2.24) is 19.8 Å². The zero-order valence-corrected chi connectivity index (χ0v) is 19.3. The first-order valence-corrected chi connectivity index (χ1v) is 11.3. The second-order valence-electron chi connectivity index (χ2n) is 9.14. The van der Waals surface area contributed by atoms with E-state index in [2.05, 4.69) is 10.4 Å². The fourth-order valence-corrected chi connectivity index (χ4v) is 4.00. The highest BCUT2D eigenvalue weighted by Crippen LogP contribution is 2.27. The quantitative estimate of drug-likeness (QED) is 0.405. The molecular formula is C22H27F3N5O5+. The molecule has 0 aromatic carbocycles. The molecule has 1 aliphatic carbocycles. The van der Waals surface area contributed by atoms with Crippen molar-refractivity contribution >= 4 is 23.5 Å². The van der Waals surface area contributed by atoms with Crippen molar-refractivity contribution in [1.29, 1.82) is 0 Å². The van der Waals surface area contributed by atoms with E-state index >= 15 is 0 Å². The van der Waals surface area contributed by atoms with Crippen LogP contribution in [0.15, 0.2) is 17.1 Å². The lowest BCUT2D eigenvalue weighted by Gasteiger charge is -2.35. The standard InChI is InChI=1S/C22H26F3N5O5/c1-12(2)10-29-19-13(3-6-16(31)28-7-8-35-11-15(28)22(23,24)25)9-26-30(19)21(34)17(20(29)33)18(32)27-14-4-5-14/h3,6,9,12,14-15H,4-5,7-8,10-11H2,1-2H3,(H2,27,32,33,34)/p+1/b6-3+/t15-/m0/s1. The molecule has 2 aromatic heterocycles. The van der Waals surface area contributed by atoms with Crippen LogP contribution in [0.5, 0.6) is 5.88 Å². The summed E-state index contributed by atoms with van der Waals surface area (Å²) >= 11 is 0. The summed E-state index contributed by atoms with van der Waals surface area (Å²) in [5.41, 5.74) is -0.753. The van der Waals surface area contributed by atoms with Gasteiger partial charge in [0.25, 0.3) is 5.91 Å². The van der Waals surface area contributed by atoms with Crippen LogP contribution in [0.2, 0.25) is 0 Å². The van der Waals surface area contributed by atoms with Crippen molar-refractivity contribution in [2.45, 2.75) is 51.5 Å². The average molecular weight is 498 g/mol. The van der Waals surface area contributed by atoms with Crippen LogP contribution in [0, 0.1) is 5.92 Å². The van der Waals surface area contributed by atoms with Gasteiger partial charge in [-0.25, -0.2) is 9.89 Å². The van der Waals surface area contributed by atoms with E-state index in [0.29, 0.717) is 4.90 Å². The minimum Gasteiger partial charge on any atom is -0.477 e. The van der Waals surface area contributed by atoms with Gasteiger partial charge in [-0.1, -0.05) is 18.4 Å². The molecule has 35 heavy (non-hydrogen) atoms. The summed E-state index contributed by atoms with van der Waals surface area (Å²) in [7, 11) is 0. The van der Waals surface area contributed by atoms with Crippen LogP contribution < -0.4 is 15.4 Å². The van der Waals surface area contributed by atoms with Gasteiger partial charge in [0.2, 0.25) is 11.5 Å². The molecule has 2 amide bonds. The molecule has 4 rings (SSSR count). The van der Waals surface area contributed by atoms with Gasteiger partial charge in [-0.15, -0.1) is 0 Å². The number of alkyl halides is 3. The number of aromatic nitrogens is 3. The molecule has 3 heterocycles. The first-order chi connectivity index (χ1) is 16.5. The van der Waals surface area contributed by atoms with Gasteiger partial charge in [0.1, 0.15) is 0 Å². The summed E-state index contributed by atoms with van der Waals surface area (Å²) in [6.45, 7) is 3.11. The number of nitrogens with one attached hydrogen (secondary N) is 2. The molecule has 1 saturated carbocycles. The molecule has 2 aliphatic rings. The maximum atomic E-state index is 13.3. The molecule has 1 saturated heterocycles. The summed E-state index contributed by atoms with van der Waals surface area (Å²) in [6.07, 6.45) is 0.595. The molecule has 190 valence electrons. The number of hydrogen-bond donors (Lipinski definition) is 3. The van der Waals surface area contributed by atoms with Crippen LogP contribution in [-0.2, 0) is 16.1 Å². The smallest absolute Gasteiger partial charge is 0.411 e. The number of rotatable bonds is 6. The van der Waals surface area contributed by atoms with Gasteiger partial charge < -0.3 is 20.1 Å². The van der Waals surface area contributed by atoms with E-state index in [0.717, 1.165) is 23.4 Å². The first kappa shape index (κ1) is 24.8. The van der Waals surface area contributed by atoms with Crippen molar-refractivity contribution in [3.63, 3.8) is 0 Å². The summed E-state index contributed by atoms with van der Waals surface area (Å²) in [5, 5.41) is 16.3. The van der Waals surface area contributed by atoms with Gasteiger partial charge in [0.05, 0.1) is 31.5 Å². The Kier molecular flexibility index (Phi) is 6.62. The highest BCUT2D eigenvalue weighted by molar-refractivity contribution is 5.96. The third-order valence-corrected chi connectivity index (χ3v) is 5.85. The summed E-state index contributed by atoms with van der Waals surface area (Å²) in [5.74, 6) is -2.07. The third-order valence-electron chi connectivity index (χ3n) is 5.85. The Morgan fingerprint density at radius 1 is 1.37 bits per heavy atom. The van der Waals surface area contributed by atoms with Crippen LogP contribution in [0.4, 0.5) is 13.2 Å². The monoisotopic (exact) mass is 498 g/mol. The van der Waals surface area contributed by atoms with Crippen LogP contribution in [0.25, 0.3) is 11.7 Å². The number of aromatic hydroxyl groups is 1. The molecule has 2 fully saturated rings. The van der Waals surface area contributed by atoms with Crippen molar-refractivity contribution < 1.29 is 37.2 Å². The van der Waals surface area contributed by atoms with Gasteiger partial charge in [-0.3, -0.25) is 9.59 Å². The van der Waals surface area contributed by atoms with Crippen molar-refractivity contribution in [3.05, 3.63) is 33.8 Å². The van der Waals surface area contributed by atoms with E-state index in [4.69, 9.17) is 4.74 Å². The van der Waals surface area contributed by atoms with Crippen molar-refractivity contribution in [2.24, 2.45) is 5.92 Å². The maximum Gasteiger partial charge on any atom is 0.411 e. The van der Waals surface area contributed by atoms with Gasteiger partial charge >= 0.3 is 23.3 Å². The van der Waals surface area contributed by atoms with Crippen LogP contribution in [0.3, 0.4) is 0 Å². The van der Waals surface area contributed by atoms with Gasteiger partial charge in [0, 0.05) is 18.7 Å². The van der Waals surface area contributed by atoms with E-state index in [1.54, 1.807) is 0 Å². The lowest BCUT2D eigenvalue weighted by atomic mass is 10.2. The molecular weight excluding hydrogens is 471 g/mol. The second-order valence-corrected chi connectivity index (χ2v) is 9.14. The number of carbonyl (C=O) groups excluding carboxylic acids is 2. The number of morpholine rings is 1. The van der Waals surface area contributed by atoms with Crippen molar-refractivity contribution in [3.8, 4) is 5.88 Å². The summed E-state index contributed by atoms with van der Waals surface area (Å²) in [6, 6.07) is -2.09. The third kappa shape index (κ3) is 5.04. The Labute approximate surface area is 198 Å². The maximum absolute atomic E-state index is 13.3. The van der Waals surface area contributed by atoms with E-state index < -0.39 is 47.6 Å². The minimum atomic E-state index is -4.64. The molecule has 10 nitrogen and oxygen atoms in total. The van der Waals surface area contributed by atoms with Gasteiger partial charge in [-0.2, -0.15) is 17.7 Å². The fourth-order valence-electron chi connectivity index (χ4n) is 4.00.